The second-order valence-corrected chi connectivity index (χ2v) is 7.91. The van der Waals surface area contributed by atoms with E-state index in [0.717, 1.165) is 63.5 Å². The van der Waals surface area contributed by atoms with Gasteiger partial charge in [0.05, 0.1) is 6.20 Å². The molecule has 2 aromatic rings. The number of hydrogen-bond acceptors (Lipinski definition) is 6. The van der Waals surface area contributed by atoms with E-state index in [1.54, 1.807) is 0 Å². The quantitative estimate of drug-likeness (QED) is 0.797. The van der Waals surface area contributed by atoms with Crippen LogP contribution in [0.2, 0.25) is 0 Å². The number of anilines is 2. The number of rotatable bonds is 5. The fourth-order valence-electron chi connectivity index (χ4n) is 4.00. The molecule has 2 aliphatic heterocycles. The van der Waals surface area contributed by atoms with E-state index >= 15 is 0 Å². The van der Waals surface area contributed by atoms with E-state index in [4.69, 9.17) is 4.98 Å². The Hall–Kier alpha value is -2.47. The van der Waals surface area contributed by atoms with Gasteiger partial charge in [-0.25, -0.2) is 0 Å². The van der Waals surface area contributed by atoms with E-state index in [1.807, 2.05) is 12.3 Å². The first-order chi connectivity index (χ1) is 13.8. The zero-order chi connectivity index (χ0) is 19.2. The van der Waals surface area contributed by atoms with Crippen molar-refractivity contribution in [1.29, 1.82) is 0 Å². The van der Waals surface area contributed by atoms with Crippen LogP contribution in [-0.4, -0.2) is 65.9 Å². The summed E-state index contributed by atoms with van der Waals surface area (Å²) in [5.41, 5.74) is 1.25. The number of nitrogens with zero attached hydrogens (tertiary/aromatic N) is 6. The van der Waals surface area contributed by atoms with Crippen molar-refractivity contribution >= 4 is 17.8 Å². The highest BCUT2D eigenvalue weighted by molar-refractivity contribution is 5.48. The molecule has 2 fully saturated rings. The number of aromatic nitrogens is 3. The van der Waals surface area contributed by atoms with Gasteiger partial charge in [0.2, 0.25) is 5.95 Å². The van der Waals surface area contributed by atoms with Gasteiger partial charge in [0.15, 0.2) is 5.82 Å². The van der Waals surface area contributed by atoms with E-state index in [0.29, 0.717) is 0 Å². The molecule has 2 aliphatic rings. The first-order valence-corrected chi connectivity index (χ1v) is 10.4. The first kappa shape index (κ1) is 18.9. The van der Waals surface area contributed by atoms with E-state index < -0.39 is 0 Å². The molecule has 1 aromatic carbocycles. The Morgan fingerprint density at radius 3 is 2.64 bits per heavy atom. The highest BCUT2D eigenvalue weighted by atomic mass is 15.4. The summed E-state index contributed by atoms with van der Waals surface area (Å²) in [6.45, 7) is 9.37. The average molecular weight is 379 g/mol. The fourth-order valence-corrected chi connectivity index (χ4v) is 4.00. The van der Waals surface area contributed by atoms with Crippen molar-refractivity contribution in [3.8, 4) is 0 Å². The predicted octanol–water partition coefficient (Wildman–Crippen LogP) is 2.94. The molecule has 0 N–H and O–H groups in total. The summed E-state index contributed by atoms with van der Waals surface area (Å²) < 4.78 is 0. The summed E-state index contributed by atoms with van der Waals surface area (Å²) in [5.74, 6) is 2.47. The molecule has 1 atom stereocenters. The van der Waals surface area contributed by atoms with Crippen LogP contribution in [0.3, 0.4) is 0 Å². The second-order valence-electron chi connectivity index (χ2n) is 7.91. The van der Waals surface area contributed by atoms with Crippen LogP contribution in [-0.2, 0) is 0 Å². The van der Waals surface area contributed by atoms with Crippen LogP contribution in [0, 0.1) is 5.92 Å². The van der Waals surface area contributed by atoms with Crippen molar-refractivity contribution in [3.63, 3.8) is 0 Å². The Bertz CT molecular complexity index is 770. The molecule has 0 spiro atoms. The Labute approximate surface area is 167 Å². The third-order valence-electron chi connectivity index (χ3n) is 5.64. The van der Waals surface area contributed by atoms with Crippen LogP contribution >= 0.6 is 0 Å². The van der Waals surface area contributed by atoms with Crippen LogP contribution < -0.4 is 9.80 Å². The minimum atomic E-state index is 0.722. The molecule has 4 rings (SSSR count). The lowest BCUT2D eigenvalue weighted by molar-refractivity contribution is 0.282. The van der Waals surface area contributed by atoms with Gasteiger partial charge in [-0.15, -0.1) is 5.10 Å². The van der Waals surface area contributed by atoms with Gasteiger partial charge in [-0.1, -0.05) is 49.4 Å². The molecule has 2 saturated heterocycles. The van der Waals surface area contributed by atoms with Crippen molar-refractivity contribution in [2.75, 3.05) is 55.6 Å². The molecule has 28 heavy (non-hydrogen) atoms. The zero-order valence-electron chi connectivity index (χ0n) is 16.7. The van der Waals surface area contributed by atoms with Gasteiger partial charge < -0.3 is 9.80 Å². The Morgan fingerprint density at radius 2 is 1.86 bits per heavy atom. The Kier molecular flexibility index (Phi) is 6.17. The molecule has 1 aromatic heterocycles. The number of piperidine rings is 1. The molecule has 0 aliphatic carbocycles. The largest absolute Gasteiger partial charge is 0.355 e. The standard InChI is InChI=1S/C22H30N6/c1-19-7-5-12-28(18-19)21-17-23-25-22(24-21)27-15-13-26(14-16-27)11-6-10-20-8-3-2-4-9-20/h2-4,6,8-10,17,19H,5,7,11-16,18H2,1H3/b10-6+. The second kappa shape index (κ2) is 9.15. The maximum absolute atomic E-state index is 4.83. The summed E-state index contributed by atoms with van der Waals surface area (Å²) in [6.07, 6.45) is 8.80. The SMILES string of the molecule is CC1CCCN(c2cnnc(N3CCN(C/C=C/c4ccccc4)CC3)n2)C1. The minimum absolute atomic E-state index is 0.722. The third kappa shape index (κ3) is 4.87. The maximum atomic E-state index is 4.83. The summed E-state index contributed by atoms with van der Waals surface area (Å²) >= 11 is 0. The number of piperazine rings is 1. The van der Waals surface area contributed by atoms with Crippen molar-refractivity contribution in [3.05, 3.63) is 48.2 Å². The molecule has 6 heteroatoms. The lowest BCUT2D eigenvalue weighted by atomic mass is 10.0. The minimum Gasteiger partial charge on any atom is -0.355 e. The van der Waals surface area contributed by atoms with E-state index in [-0.39, 0.29) is 0 Å². The van der Waals surface area contributed by atoms with Gasteiger partial charge in [0, 0.05) is 45.8 Å². The highest BCUT2D eigenvalue weighted by Gasteiger charge is 2.22. The first-order valence-electron chi connectivity index (χ1n) is 10.4. The molecule has 3 heterocycles. The Balaban J connectivity index is 1.30. The van der Waals surface area contributed by atoms with Crippen molar-refractivity contribution in [2.45, 2.75) is 19.8 Å². The molecule has 1 unspecified atom stereocenters. The average Bonchev–Trinajstić information content (AvgIpc) is 2.75. The van der Waals surface area contributed by atoms with Crippen molar-refractivity contribution in [2.24, 2.45) is 5.92 Å². The van der Waals surface area contributed by atoms with Crippen LogP contribution in [0.5, 0.6) is 0 Å². The van der Waals surface area contributed by atoms with E-state index in [9.17, 15) is 0 Å². The predicted molar refractivity (Wildman–Crippen MR) is 115 cm³/mol. The molecule has 0 amide bonds. The molecule has 0 saturated carbocycles. The van der Waals surface area contributed by atoms with Gasteiger partial charge >= 0.3 is 0 Å². The zero-order valence-corrected chi connectivity index (χ0v) is 16.7. The normalized spacial score (nSPS) is 21.4. The van der Waals surface area contributed by atoms with Crippen LogP contribution in [0.1, 0.15) is 25.3 Å². The van der Waals surface area contributed by atoms with Gasteiger partial charge in [-0.2, -0.15) is 10.1 Å². The Morgan fingerprint density at radius 1 is 1.04 bits per heavy atom. The monoisotopic (exact) mass is 378 g/mol. The van der Waals surface area contributed by atoms with Crippen LogP contribution in [0.4, 0.5) is 11.8 Å². The lowest BCUT2D eigenvalue weighted by Gasteiger charge is -2.35. The molecule has 0 bridgehead atoms. The molecule has 6 nitrogen and oxygen atoms in total. The lowest BCUT2D eigenvalue weighted by Crippen LogP contribution is -2.47. The fraction of sp³-hybridized carbons (Fsp3) is 0.500. The van der Waals surface area contributed by atoms with Crippen LogP contribution in [0.15, 0.2) is 42.6 Å². The van der Waals surface area contributed by atoms with Gasteiger partial charge in [0.25, 0.3) is 0 Å². The summed E-state index contributed by atoms with van der Waals surface area (Å²) in [4.78, 5) is 11.9. The maximum Gasteiger partial charge on any atom is 0.247 e. The van der Waals surface area contributed by atoms with Gasteiger partial charge in [-0.3, -0.25) is 4.90 Å². The number of hydrogen-bond donors (Lipinski definition) is 0. The highest BCUT2D eigenvalue weighted by Crippen LogP contribution is 2.22. The topological polar surface area (TPSA) is 48.4 Å². The third-order valence-corrected chi connectivity index (χ3v) is 5.64. The van der Waals surface area contributed by atoms with Gasteiger partial charge in [0.1, 0.15) is 0 Å². The summed E-state index contributed by atoms with van der Waals surface area (Å²) in [7, 11) is 0. The van der Waals surface area contributed by atoms with Crippen LogP contribution in [0.25, 0.3) is 6.08 Å². The summed E-state index contributed by atoms with van der Waals surface area (Å²) in [6, 6.07) is 10.5. The molecular formula is C22H30N6. The summed E-state index contributed by atoms with van der Waals surface area (Å²) in [5, 5.41) is 8.55. The molecule has 0 radical (unpaired) electrons. The molecule has 148 valence electrons. The van der Waals surface area contributed by atoms with Crippen molar-refractivity contribution < 1.29 is 0 Å². The van der Waals surface area contributed by atoms with Crippen molar-refractivity contribution in [1.82, 2.24) is 20.1 Å². The molecular weight excluding hydrogens is 348 g/mol. The smallest absolute Gasteiger partial charge is 0.247 e. The van der Waals surface area contributed by atoms with Gasteiger partial charge in [-0.05, 0) is 24.3 Å². The number of benzene rings is 1. The van der Waals surface area contributed by atoms with E-state index in [2.05, 4.69) is 68.2 Å². The van der Waals surface area contributed by atoms with E-state index in [1.165, 1.54) is 18.4 Å².